The largest absolute Gasteiger partial charge is 0.357 e. The van der Waals surface area contributed by atoms with Crippen molar-refractivity contribution >= 4 is 46.4 Å². The Balaban J connectivity index is 0.00000264. The Morgan fingerprint density at radius 3 is 2.74 bits per heavy atom. The third-order valence-corrected chi connectivity index (χ3v) is 4.07. The summed E-state index contributed by atoms with van der Waals surface area (Å²) in [7, 11) is 6.02. The molecule has 0 radical (unpaired) electrons. The van der Waals surface area contributed by atoms with Crippen LogP contribution in [0.15, 0.2) is 28.8 Å². The van der Waals surface area contributed by atoms with E-state index in [1.807, 2.05) is 36.8 Å². The van der Waals surface area contributed by atoms with Crippen molar-refractivity contribution in [1.29, 1.82) is 0 Å². The molecule has 0 aliphatic rings. The summed E-state index contributed by atoms with van der Waals surface area (Å²) in [5.74, 6) is 0.811. The van der Waals surface area contributed by atoms with Gasteiger partial charge < -0.3 is 20.1 Å². The van der Waals surface area contributed by atoms with Gasteiger partial charge in [0, 0.05) is 45.5 Å². The first-order valence-electron chi connectivity index (χ1n) is 7.33. The number of hydrogen-bond acceptors (Lipinski definition) is 4. The Hall–Kier alpha value is -1.29. The van der Waals surface area contributed by atoms with Gasteiger partial charge >= 0.3 is 0 Å². The van der Waals surface area contributed by atoms with Gasteiger partial charge in [0.1, 0.15) is 0 Å². The van der Waals surface area contributed by atoms with Crippen molar-refractivity contribution in [1.82, 2.24) is 20.2 Å². The van der Waals surface area contributed by atoms with Crippen LogP contribution in [0.4, 0.5) is 5.13 Å². The Bertz CT molecular complexity index is 619. The molecule has 0 fully saturated rings. The monoisotopic (exact) mass is 448 g/mol. The number of hydrogen-bond donors (Lipinski definition) is 2. The lowest BCUT2D eigenvalue weighted by Gasteiger charge is -2.10. The summed E-state index contributed by atoms with van der Waals surface area (Å²) >= 11 is 1.65. The molecule has 0 aliphatic heterocycles. The zero-order valence-electron chi connectivity index (χ0n) is 14.0. The number of halogens is 1. The first-order chi connectivity index (χ1) is 10.6. The second kappa shape index (κ2) is 9.76. The number of thiazole rings is 1. The van der Waals surface area contributed by atoms with E-state index < -0.39 is 0 Å². The zero-order valence-corrected chi connectivity index (χ0v) is 17.2. The second-order valence-electron chi connectivity index (χ2n) is 5.25. The number of aliphatic imine (C=N–C) groups is 1. The maximum Gasteiger partial charge on any atom is 0.191 e. The lowest BCUT2D eigenvalue weighted by Crippen LogP contribution is -2.36. The van der Waals surface area contributed by atoms with Crippen LogP contribution in [0.2, 0.25) is 0 Å². The molecule has 0 unspecified atom stereocenters. The molecule has 23 heavy (non-hydrogen) atoms. The molecular weight excluding hydrogens is 423 g/mol. The molecule has 6 nitrogen and oxygen atoms in total. The summed E-state index contributed by atoms with van der Waals surface area (Å²) < 4.78 is 2.03. The smallest absolute Gasteiger partial charge is 0.191 e. The highest BCUT2D eigenvalue weighted by Crippen LogP contribution is 2.17. The minimum Gasteiger partial charge on any atom is -0.357 e. The van der Waals surface area contributed by atoms with E-state index in [2.05, 4.69) is 45.2 Å². The number of nitrogens with zero attached hydrogens (tertiary/aromatic N) is 4. The molecule has 2 heterocycles. The number of guanidine groups is 1. The fraction of sp³-hybridized carbons (Fsp3) is 0.467. The molecule has 0 saturated carbocycles. The van der Waals surface area contributed by atoms with Gasteiger partial charge in [0.15, 0.2) is 11.1 Å². The summed E-state index contributed by atoms with van der Waals surface area (Å²) in [5.41, 5.74) is 2.22. The third-order valence-electron chi connectivity index (χ3n) is 3.02. The second-order valence-corrected chi connectivity index (χ2v) is 6.09. The van der Waals surface area contributed by atoms with Crippen molar-refractivity contribution in [3.63, 3.8) is 0 Å². The van der Waals surface area contributed by atoms with Crippen LogP contribution in [0.3, 0.4) is 0 Å². The van der Waals surface area contributed by atoms with E-state index >= 15 is 0 Å². The minimum atomic E-state index is 0. The van der Waals surface area contributed by atoms with Crippen LogP contribution >= 0.6 is 35.3 Å². The van der Waals surface area contributed by atoms with E-state index in [1.165, 1.54) is 5.56 Å². The maximum absolute atomic E-state index is 4.60. The van der Waals surface area contributed by atoms with Crippen LogP contribution < -0.4 is 15.5 Å². The summed E-state index contributed by atoms with van der Waals surface area (Å²) in [4.78, 5) is 11.2. The molecule has 0 aromatic carbocycles. The summed E-state index contributed by atoms with van der Waals surface area (Å²) in [5, 5.41) is 9.67. The van der Waals surface area contributed by atoms with E-state index in [4.69, 9.17) is 0 Å². The first kappa shape index (κ1) is 19.8. The summed E-state index contributed by atoms with van der Waals surface area (Å²) in [6.07, 6.45) is 4.11. The molecule has 0 atom stereocenters. The average molecular weight is 448 g/mol. The maximum atomic E-state index is 4.60. The lowest BCUT2D eigenvalue weighted by molar-refractivity contribution is 0.802. The van der Waals surface area contributed by atoms with E-state index in [-0.39, 0.29) is 24.0 Å². The van der Waals surface area contributed by atoms with Gasteiger partial charge in [-0.05, 0) is 18.6 Å². The normalized spacial score (nSPS) is 11.0. The van der Waals surface area contributed by atoms with Gasteiger partial charge in [0.05, 0.1) is 18.8 Å². The topological polar surface area (TPSA) is 57.5 Å². The van der Waals surface area contributed by atoms with Gasteiger partial charge in [-0.15, -0.1) is 35.3 Å². The Labute approximate surface area is 159 Å². The molecule has 2 aromatic heterocycles. The number of aryl methyl sites for hydroxylation is 1. The fourth-order valence-electron chi connectivity index (χ4n) is 1.92. The van der Waals surface area contributed by atoms with Gasteiger partial charge in [-0.3, -0.25) is 0 Å². The summed E-state index contributed by atoms with van der Waals surface area (Å²) in [6, 6.07) is 2.08. The molecule has 8 heteroatoms. The number of rotatable bonds is 6. The average Bonchev–Trinajstić information content (AvgIpc) is 3.11. The molecule has 0 amide bonds. The minimum absolute atomic E-state index is 0. The number of nitrogens with one attached hydrogen (secondary N) is 2. The number of anilines is 1. The van der Waals surface area contributed by atoms with E-state index in [0.29, 0.717) is 13.1 Å². The van der Waals surface area contributed by atoms with E-state index in [1.54, 1.807) is 11.3 Å². The lowest BCUT2D eigenvalue weighted by atomic mass is 10.3. The molecule has 0 aliphatic carbocycles. The molecule has 0 bridgehead atoms. The highest BCUT2D eigenvalue weighted by Gasteiger charge is 2.05. The van der Waals surface area contributed by atoms with E-state index in [0.717, 1.165) is 23.3 Å². The van der Waals surface area contributed by atoms with Crippen molar-refractivity contribution in [3.05, 3.63) is 35.1 Å². The SMILES string of the molecule is CCNC(=NCc1ccn(C)c1)NCc1csc(N(C)C)n1.I. The van der Waals surface area contributed by atoms with Crippen LogP contribution in [0.1, 0.15) is 18.2 Å². The van der Waals surface area contributed by atoms with Crippen molar-refractivity contribution in [2.75, 3.05) is 25.5 Å². The van der Waals surface area contributed by atoms with Gasteiger partial charge in [-0.1, -0.05) is 0 Å². The number of aromatic nitrogens is 2. The standard InChI is InChI=1S/C15H24N6S.HI/c1-5-16-14(17-8-12-6-7-21(4)10-12)18-9-13-11-22-15(19-13)20(2)3;/h6-7,10-11H,5,8-9H2,1-4H3,(H2,16,17,18);1H. The van der Waals surface area contributed by atoms with E-state index in [9.17, 15) is 0 Å². The van der Waals surface area contributed by atoms with Crippen LogP contribution in [-0.2, 0) is 20.1 Å². The first-order valence-corrected chi connectivity index (χ1v) is 8.21. The molecule has 128 valence electrons. The van der Waals surface area contributed by atoms with Gasteiger partial charge in [0.2, 0.25) is 0 Å². The van der Waals surface area contributed by atoms with Crippen molar-refractivity contribution < 1.29 is 0 Å². The third kappa shape index (κ3) is 6.38. The van der Waals surface area contributed by atoms with Gasteiger partial charge in [-0.2, -0.15) is 0 Å². The Morgan fingerprint density at radius 2 is 2.17 bits per heavy atom. The molecule has 2 N–H and O–H groups in total. The molecule has 2 aromatic rings. The highest BCUT2D eigenvalue weighted by molar-refractivity contribution is 14.0. The summed E-state index contributed by atoms with van der Waals surface area (Å²) in [6.45, 7) is 4.23. The predicted octanol–water partition coefficient (Wildman–Crippen LogP) is 2.42. The van der Waals surface area contributed by atoms with Gasteiger partial charge in [-0.25, -0.2) is 9.98 Å². The van der Waals surface area contributed by atoms with Gasteiger partial charge in [0.25, 0.3) is 0 Å². The van der Waals surface area contributed by atoms with Crippen molar-refractivity contribution in [2.45, 2.75) is 20.0 Å². The predicted molar refractivity (Wildman–Crippen MR) is 109 cm³/mol. The Kier molecular flexibility index (Phi) is 8.38. The fourth-order valence-corrected chi connectivity index (χ4v) is 2.68. The van der Waals surface area contributed by atoms with Crippen LogP contribution in [-0.4, -0.2) is 36.2 Å². The van der Waals surface area contributed by atoms with Crippen molar-refractivity contribution in [3.8, 4) is 0 Å². The molecular formula is C15H25IN6S. The van der Waals surface area contributed by atoms with Crippen LogP contribution in [0.25, 0.3) is 0 Å². The molecule has 2 rings (SSSR count). The zero-order chi connectivity index (χ0) is 15.9. The highest BCUT2D eigenvalue weighted by atomic mass is 127. The molecule has 0 spiro atoms. The quantitative estimate of drug-likeness (QED) is 0.405. The van der Waals surface area contributed by atoms with Crippen LogP contribution in [0, 0.1) is 0 Å². The van der Waals surface area contributed by atoms with Crippen molar-refractivity contribution in [2.24, 2.45) is 12.0 Å². The van der Waals surface area contributed by atoms with Crippen LogP contribution in [0.5, 0.6) is 0 Å². The molecule has 0 saturated heterocycles. The Morgan fingerprint density at radius 1 is 1.39 bits per heavy atom.